The number of aromatic nitrogens is 2. The summed E-state index contributed by atoms with van der Waals surface area (Å²) < 4.78 is 0.641. The Labute approximate surface area is 165 Å². The first-order chi connectivity index (χ1) is 12.5. The molecule has 0 unspecified atom stereocenters. The molecule has 0 spiro atoms. The minimum Gasteiger partial charge on any atom is -0.342 e. The predicted molar refractivity (Wildman–Crippen MR) is 103 cm³/mol. The fourth-order valence-corrected chi connectivity index (χ4v) is 3.78. The largest absolute Gasteiger partial charge is 0.342 e. The highest BCUT2D eigenvalue weighted by molar-refractivity contribution is 9.10. The van der Waals surface area contributed by atoms with Crippen LogP contribution in [0.3, 0.4) is 0 Å². The van der Waals surface area contributed by atoms with E-state index >= 15 is 0 Å². The molecule has 2 aromatic heterocycles. The summed E-state index contributed by atoms with van der Waals surface area (Å²) in [6.07, 6.45) is 6.72. The summed E-state index contributed by atoms with van der Waals surface area (Å²) in [5.74, 6) is -0.413. The van der Waals surface area contributed by atoms with Crippen LogP contribution in [0.2, 0.25) is 5.15 Å². The van der Waals surface area contributed by atoms with Gasteiger partial charge in [0.25, 0.3) is 5.91 Å². The van der Waals surface area contributed by atoms with Crippen LogP contribution in [-0.2, 0) is 10.3 Å². The van der Waals surface area contributed by atoms with Gasteiger partial charge in [-0.1, -0.05) is 30.5 Å². The second-order valence-electron chi connectivity index (χ2n) is 6.17. The van der Waals surface area contributed by atoms with E-state index in [9.17, 15) is 10.1 Å². The van der Waals surface area contributed by atoms with Crippen molar-refractivity contribution in [2.75, 3.05) is 0 Å². The van der Waals surface area contributed by atoms with Gasteiger partial charge in [-0.25, -0.2) is 9.97 Å². The molecule has 0 bridgehead atoms. The van der Waals surface area contributed by atoms with Crippen LogP contribution in [0.4, 0.5) is 0 Å². The summed E-state index contributed by atoms with van der Waals surface area (Å²) in [7, 11) is 0. The number of nitriles is 1. The molecular weight excluding hydrogens is 416 g/mol. The summed E-state index contributed by atoms with van der Waals surface area (Å²) in [6.45, 7) is 0. The molecule has 0 aliphatic heterocycles. The summed E-state index contributed by atoms with van der Waals surface area (Å²) in [5, 5.41) is 12.9. The maximum atomic E-state index is 12.8. The Morgan fingerprint density at radius 1 is 1.35 bits per heavy atom. The Hall–Kier alpha value is -2.23. The van der Waals surface area contributed by atoms with Gasteiger partial charge in [0.15, 0.2) is 0 Å². The van der Waals surface area contributed by atoms with E-state index in [4.69, 9.17) is 11.6 Å². The fraction of sp³-hybridized carbons (Fsp3) is 0.263. The molecule has 1 saturated carbocycles. The van der Waals surface area contributed by atoms with E-state index < -0.39 is 11.4 Å². The Morgan fingerprint density at radius 2 is 2.12 bits per heavy atom. The van der Waals surface area contributed by atoms with Crippen LogP contribution in [0, 0.1) is 11.3 Å². The number of hydrogen-bond acceptors (Lipinski definition) is 4. The number of amides is 1. The molecule has 0 saturated heterocycles. The number of halogens is 2. The molecule has 1 aliphatic rings. The van der Waals surface area contributed by atoms with Gasteiger partial charge in [-0.05, 0) is 64.7 Å². The Morgan fingerprint density at radius 3 is 2.77 bits per heavy atom. The highest BCUT2D eigenvalue weighted by atomic mass is 79.9. The SMILES string of the molecule is N#C/C(=C\c1cccc(Br)n1)C(=O)NC1(c2ccnc(Cl)c2)CCCC1. The zero-order chi connectivity index (χ0) is 18.6. The van der Waals surface area contributed by atoms with Crippen molar-refractivity contribution in [2.45, 2.75) is 31.2 Å². The Bertz CT molecular complexity index is 900. The molecule has 1 fully saturated rings. The Balaban J connectivity index is 1.89. The van der Waals surface area contributed by atoms with Gasteiger partial charge in [0.2, 0.25) is 0 Å². The fourth-order valence-electron chi connectivity index (χ4n) is 3.25. The van der Waals surface area contributed by atoms with Crippen molar-refractivity contribution in [3.8, 4) is 6.07 Å². The number of rotatable bonds is 4. The quantitative estimate of drug-likeness (QED) is 0.442. The molecule has 1 amide bonds. The lowest BCUT2D eigenvalue weighted by atomic mass is 9.88. The first-order valence-corrected chi connectivity index (χ1v) is 9.38. The number of carbonyl (C=O) groups excluding carboxylic acids is 1. The van der Waals surface area contributed by atoms with Gasteiger partial charge < -0.3 is 5.32 Å². The maximum absolute atomic E-state index is 12.8. The number of nitrogens with zero attached hydrogens (tertiary/aromatic N) is 3. The van der Waals surface area contributed by atoms with Crippen LogP contribution in [0.25, 0.3) is 6.08 Å². The van der Waals surface area contributed by atoms with Crippen molar-refractivity contribution in [2.24, 2.45) is 0 Å². The molecule has 2 aromatic rings. The molecule has 1 aliphatic carbocycles. The van der Waals surface area contributed by atoms with Gasteiger partial charge in [0.1, 0.15) is 21.4 Å². The first kappa shape index (κ1) is 18.6. The van der Waals surface area contributed by atoms with Crippen LogP contribution in [-0.4, -0.2) is 15.9 Å². The second-order valence-corrected chi connectivity index (χ2v) is 7.37. The molecular formula is C19H16BrClN4O. The topological polar surface area (TPSA) is 78.7 Å². The van der Waals surface area contributed by atoms with Crippen molar-refractivity contribution in [1.29, 1.82) is 5.26 Å². The van der Waals surface area contributed by atoms with Crippen molar-refractivity contribution in [3.05, 3.63) is 63.1 Å². The number of carbonyl (C=O) groups is 1. The summed E-state index contributed by atoms with van der Waals surface area (Å²) in [5.41, 5.74) is 0.950. The van der Waals surface area contributed by atoms with Gasteiger partial charge in [0.05, 0.1) is 11.2 Å². The smallest absolute Gasteiger partial charge is 0.262 e. The second kappa shape index (κ2) is 7.98. The third kappa shape index (κ3) is 4.12. The van der Waals surface area contributed by atoms with Crippen LogP contribution in [0.1, 0.15) is 36.9 Å². The standard InChI is InChI=1S/C19H16BrClN4O/c20-16-5-3-4-15(24-16)10-13(12-22)18(26)25-19(7-1-2-8-19)14-6-9-23-17(21)11-14/h3-6,9-11H,1-2,7-8H2,(H,25,26)/b13-10+. The van der Waals surface area contributed by atoms with Crippen molar-refractivity contribution < 1.29 is 4.79 Å². The molecule has 132 valence electrons. The maximum Gasteiger partial charge on any atom is 0.262 e. The van der Waals surface area contributed by atoms with E-state index in [1.807, 2.05) is 12.1 Å². The molecule has 2 heterocycles. The zero-order valence-corrected chi connectivity index (χ0v) is 16.2. The van der Waals surface area contributed by atoms with E-state index in [0.29, 0.717) is 15.5 Å². The molecule has 26 heavy (non-hydrogen) atoms. The normalized spacial score (nSPS) is 16.1. The summed E-state index contributed by atoms with van der Waals surface area (Å²) in [4.78, 5) is 21.1. The van der Waals surface area contributed by atoms with Gasteiger partial charge in [-0.15, -0.1) is 0 Å². The van der Waals surface area contributed by atoms with Gasteiger partial charge >= 0.3 is 0 Å². The summed E-state index contributed by atoms with van der Waals surface area (Å²) in [6, 6.07) is 10.9. The lowest BCUT2D eigenvalue weighted by molar-refractivity contribution is -0.119. The van der Waals surface area contributed by atoms with Crippen LogP contribution in [0.5, 0.6) is 0 Å². The lowest BCUT2D eigenvalue weighted by Gasteiger charge is -2.31. The first-order valence-electron chi connectivity index (χ1n) is 8.21. The third-order valence-corrected chi connectivity index (χ3v) is 5.13. The number of nitrogens with one attached hydrogen (secondary N) is 1. The molecule has 0 aromatic carbocycles. The highest BCUT2D eigenvalue weighted by Gasteiger charge is 2.37. The van der Waals surface area contributed by atoms with Crippen molar-refractivity contribution >= 4 is 39.5 Å². The monoisotopic (exact) mass is 430 g/mol. The average molecular weight is 432 g/mol. The molecule has 1 N–H and O–H groups in total. The van der Waals surface area contributed by atoms with Crippen LogP contribution >= 0.6 is 27.5 Å². The third-order valence-electron chi connectivity index (χ3n) is 4.48. The Kier molecular flexibility index (Phi) is 5.70. The average Bonchev–Trinajstić information content (AvgIpc) is 3.09. The predicted octanol–water partition coefficient (Wildman–Crippen LogP) is 4.39. The zero-order valence-electron chi connectivity index (χ0n) is 13.9. The van der Waals surface area contributed by atoms with E-state index in [1.54, 1.807) is 30.5 Å². The minimum atomic E-state index is -0.524. The van der Waals surface area contributed by atoms with E-state index in [0.717, 1.165) is 31.2 Å². The number of hydrogen-bond donors (Lipinski definition) is 1. The van der Waals surface area contributed by atoms with E-state index in [1.165, 1.54) is 6.08 Å². The number of pyridine rings is 2. The molecule has 0 radical (unpaired) electrons. The molecule has 5 nitrogen and oxygen atoms in total. The summed E-state index contributed by atoms with van der Waals surface area (Å²) >= 11 is 9.32. The van der Waals surface area contributed by atoms with E-state index in [-0.39, 0.29) is 5.57 Å². The highest BCUT2D eigenvalue weighted by Crippen LogP contribution is 2.39. The van der Waals surface area contributed by atoms with Gasteiger partial charge in [-0.3, -0.25) is 4.79 Å². The molecule has 0 atom stereocenters. The minimum absolute atomic E-state index is 0.0158. The molecule has 3 rings (SSSR count). The van der Waals surface area contributed by atoms with Crippen molar-refractivity contribution in [3.63, 3.8) is 0 Å². The van der Waals surface area contributed by atoms with Crippen molar-refractivity contribution in [1.82, 2.24) is 15.3 Å². The molecule has 7 heteroatoms. The van der Waals surface area contributed by atoms with Crippen LogP contribution < -0.4 is 5.32 Å². The van der Waals surface area contributed by atoms with E-state index in [2.05, 4.69) is 31.2 Å². The van der Waals surface area contributed by atoms with Crippen LogP contribution in [0.15, 0.2) is 46.7 Å². The van der Waals surface area contributed by atoms with Gasteiger partial charge in [-0.2, -0.15) is 5.26 Å². The van der Waals surface area contributed by atoms with Gasteiger partial charge in [0, 0.05) is 6.20 Å². The lowest BCUT2D eigenvalue weighted by Crippen LogP contribution is -2.44.